The molecular weight excluding hydrogens is 452 g/mol. The van der Waals surface area contributed by atoms with Crippen molar-refractivity contribution in [2.75, 3.05) is 23.3 Å². The Morgan fingerprint density at radius 2 is 1.94 bits per heavy atom. The summed E-state index contributed by atoms with van der Waals surface area (Å²) in [5.41, 5.74) is -1.18. The van der Waals surface area contributed by atoms with E-state index < -0.39 is 41.4 Å². The van der Waals surface area contributed by atoms with Gasteiger partial charge >= 0.3 is 5.69 Å². The van der Waals surface area contributed by atoms with E-state index in [2.05, 4.69) is 22.1 Å². The zero-order valence-corrected chi connectivity index (χ0v) is 19.4. The maximum absolute atomic E-state index is 14.0. The number of halogens is 2. The normalized spacial score (nSPS) is 14.9. The molecule has 1 aliphatic heterocycles. The molecule has 0 atom stereocenters. The Bertz CT molecular complexity index is 1320. The molecule has 11 heteroatoms. The van der Waals surface area contributed by atoms with Crippen LogP contribution in [0.25, 0.3) is 10.3 Å². The molecule has 0 radical (unpaired) electrons. The number of aromatic nitrogens is 3. The number of fused-ring (bicyclic) bond motifs is 1. The number of amides is 1. The molecule has 3 heterocycles. The highest BCUT2D eigenvalue weighted by atomic mass is 32.1. The number of hydrogen-bond donors (Lipinski definition) is 1. The highest BCUT2D eigenvalue weighted by Crippen LogP contribution is 2.29. The van der Waals surface area contributed by atoms with Gasteiger partial charge in [0.05, 0.1) is 5.69 Å². The van der Waals surface area contributed by atoms with Gasteiger partial charge in [0.15, 0.2) is 10.8 Å². The van der Waals surface area contributed by atoms with Crippen LogP contribution in [0.2, 0.25) is 0 Å². The molecule has 1 fully saturated rings. The molecule has 1 amide bonds. The van der Waals surface area contributed by atoms with Crippen LogP contribution in [-0.2, 0) is 11.3 Å². The van der Waals surface area contributed by atoms with Gasteiger partial charge < -0.3 is 10.2 Å². The summed E-state index contributed by atoms with van der Waals surface area (Å²) in [7, 11) is 0. The summed E-state index contributed by atoms with van der Waals surface area (Å²) in [6.07, 6.45) is 2.01. The Kier molecular flexibility index (Phi) is 6.33. The van der Waals surface area contributed by atoms with E-state index >= 15 is 0 Å². The van der Waals surface area contributed by atoms with Gasteiger partial charge in [-0.05, 0) is 44.7 Å². The Morgan fingerprint density at radius 3 is 2.58 bits per heavy atom. The summed E-state index contributed by atoms with van der Waals surface area (Å²) in [6.45, 7) is 6.74. The van der Waals surface area contributed by atoms with Crippen molar-refractivity contribution in [1.29, 1.82) is 0 Å². The second kappa shape index (κ2) is 9.05. The van der Waals surface area contributed by atoms with Gasteiger partial charge in [-0.1, -0.05) is 18.3 Å². The second-order valence-corrected chi connectivity index (χ2v) is 9.61. The molecule has 8 nitrogen and oxygen atoms in total. The summed E-state index contributed by atoms with van der Waals surface area (Å²) in [6, 6.07) is 2.35. The lowest BCUT2D eigenvalue weighted by atomic mass is 10.00. The number of carbonyl (C=O) groups is 1. The fraction of sp³-hybridized carbons (Fsp3) is 0.455. The average molecular weight is 478 g/mol. The molecule has 1 aromatic carbocycles. The molecule has 0 unspecified atom stereocenters. The fourth-order valence-corrected chi connectivity index (χ4v) is 4.96. The molecule has 176 valence electrons. The smallest absolute Gasteiger partial charge is 0.333 e. The van der Waals surface area contributed by atoms with Crippen LogP contribution in [0.1, 0.15) is 39.7 Å². The quantitative estimate of drug-likeness (QED) is 0.609. The van der Waals surface area contributed by atoms with Crippen LogP contribution < -0.4 is 21.5 Å². The molecule has 0 bridgehead atoms. The molecular formula is C22H25F2N5O3S. The van der Waals surface area contributed by atoms with Gasteiger partial charge in [0.1, 0.15) is 22.9 Å². The Hall–Kier alpha value is -3.08. The van der Waals surface area contributed by atoms with E-state index in [1.807, 2.05) is 0 Å². The maximum atomic E-state index is 14.0. The van der Waals surface area contributed by atoms with Crippen LogP contribution in [0.5, 0.6) is 0 Å². The van der Waals surface area contributed by atoms with E-state index in [1.54, 1.807) is 13.8 Å². The third kappa shape index (κ3) is 4.54. The molecule has 4 rings (SSSR count). The van der Waals surface area contributed by atoms with Crippen molar-refractivity contribution in [3.8, 4) is 0 Å². The highest BCUT2D eigenvalue weighted by molar-refractivity contribution is 7.22. The summed E-state index contributed by atoms with van der Waals surface area (Å²) in [4.78, 5) is 45.5. The van der Waals surface area contributed by atoms with Crippen LogP contribution in [-0.4, -0.2) is 33.1 Å². The van der Waals surface area contributed by atoms with Gasteiger partial charge in [-0.3, -0.25) is 18.7 Å². The first kappa shape index (κ1) is 23.1. The van der Waals surface area contributed by atoms with Gasteiger partial charge in [0.25, 0.3) is 5.56 Å². The number of benzene rings is 1. The third-order valence-corrected chi connectivity index (χ3v) is 6.87. The van der Waals surface area contributed by atoms with Crippen molar-refractivity contribution in [2.45, 2.75) is 46.2 Å². The number of hydrogen-bond acceptors (Lipinski definition) is 6. The Morgan fingerprint density at radius 1 is 1.24 bits per heavy atom. The van der Waals surface area contributed by atoms with E-state index in [9.17, 15) is 23.2 Å². The maximum Gasteiger partial charge on any atom is 0.333 e. The molecule has 2 aromatic heterocycles. The van der Waals surface area contributed by atoms with Crippen molar-refractivity contribution >= 4 is 38.4 Å². The highest BCUT2D eigenvalue weighted by Gasteiger charge is 2.24. The van der Waals surface area contributed by atoms with Crippen LogP contribution in [0.15, 0.2) is 27.8 Å². The van der Waals surface area contributed by atoms with Gasteiger partial charge in [0.2, 0.25) is 5.91 Å². The minimum Gasteiger partial charge on any atom is -0.348 e. The van der Waals surface area contributed by atoms with Crippen LogP contribution in [0.3, 0.4) is 0 Å². The van der Waals surface area contributed by atoms with Crippen LogP contribution >= 0.6 is 11.3 Å². The number of carbonyl (C=O) groups excluding carboxylic acids is 1. The van der Waals surface area contributed by atoms with Crippen molar-refractivity contribution in [3.05, 3.63) is 50.7 Å². The fourth-order valence-electron chi connectivity index (χ4n) is 3.90. The van der Waals surface area contributed by atoms with Gasteiger partial charge in [-0.15, -0.1) is 0 Å². The van der Waals surface area contributed by atoms with E-state index in [0.717, 1.165) is 47.2 Å². The lowest BCUT2D eigenvalue weighted by molar-refractivity contribution is -0.116. The topological polar surface area (TPSA) is 89.2 Å². The Labute approximate surface area is 192 Å². The molecule has 1 aliphatic rings. The van der Waals surface area contributed by atoms with Crippen molar-refractivity contribution in [2.24, 2.45) is 5.92 Å². The van der Waals surface area contributed by atoms with E-state index in [0.29, 0.717) is 17.1 Å². The zero-order valence-electron chi connectivity index (χ0n) is 18.6. The predicted octanol–water partition coefficient (Wildman–Crippen LogP) is 3.35. The van der Waals surface area contributed by atoms with Crippen LogP contribution in [0.4, 0.5) is 19.6 Å². The van der Waals surface area contributed by atoms with Gasteiger partial charge in [-0.25, -0.2) is 18.6 Å². The predicted molar refractivity (Wildman–Crippen MR) is 124 cm³/mol. The zero-order chi connectivity index (χ0) is 23.9. The third-order valence-electron chi connectivity index (χ3n) is 5.78. The largest absolute Gasteiger partial charge is 0.348 e. The molecule has 1 saturated heterocycles. The van der Waals surface area contributed by atoms with Crippen molar-refractivity contribution in [1.82, 2.24) is 14.1 Å². The van der Waals surface area contributed by atoms with E-state index in [-0.39, 0.29) is 16.0 Å². The number of thiazole rings is 1. The lowest BCUT2D eigenvalue weighted by Gasteiger charge is -2.29. The lowest BCUT2D eigenvalue weighted by Crippen LogP contribution is -2.42. The summed E-state index contributed by atoms with van der Waals surface area (Å²) in [5.74, 6) is -1.78. The van der Waals surface area contributed by atoms with Gasteiger partial charge in [0, 0.05) is 25.2 Å². The Balaban J connectivity index is 1.74. The standard InChI is InChI=1S/C22H25F2N5O3S/c1-12(2)29-20(31)18-19(26-21(33-18)27-8-6-13(3)7-9-27)28(22(29)32)11-17(30)25-16-5-4-14(23)10-15(16)24/h4-5,10,12-13H,6-9,11H2,1-3H3,(H,25,30). The SMILES string of the molecule is CC1CCN(c2nc3c(s2)c(=O)n(C(C)C)c(=O)n3CC(=O)Nc2ccc(F)cc2F)CC1. The number of nitrogens with one attached hydrogen (secondary N) is 1. The van der Waals surface area contributed by atoms with Crippen molar-refractivity contribution < 1.29 is 13.6 Å². The van der Waals surface area contributed by atoms with Crippen molar-refractivity contribution in [3.63, 3.8) is 0 Å². The monoisotopic (exact) mass is 477 g/mol. The minimum absolute atomic E-state index is 0.134. The molecule has 3 aromatic rings. The number of piperidine rings is 1. The second-order valence-electron chi connectivity index (χ2n) is 8.63. The number of anilines is 2. The molecule has 0 aliphatic carbocycles. The first-order valence-corrected chi connectivity index (χ1v) is 11.6. The molecule has 0 saturated carbocycles. The van der Waals surface area contributed by atoms with Gasteiger partial charge in [-0.2, -0.15) is 0 Å². The first-order chi connectivity index (χ1) is 15.7. The number of rotatable bonds is 5. The summed E-state index contributed by atoms with van der Waals surface area (Å²) >= 11 is 1.21. The molecule has 1 N–H and O–H groups in total. The number of nitrogens with zero attached hydrogens (tertiary/aromatic N) is 4. The van der Waals surface area contributed by atoms with E-state index in [1.165, 1.54) is 11.3 Å². The first-order valence-electron chi connectivity index (χ1n) is 10.8. The summed E-state index contributed by atoms with van der Waals surface area (Å²) in [5, 5.41) is 2.99. The molecule has 0 spiro atoms. The minimum atomic E-state index is -0.928. The molecule has 33 heavy (non-hydrogen) atoms. The van der Waals surface area contributed by atoms with Crippen LogP contribution in [0, 0.1) is 17.6 Å². The average Bonchev–Trinajstić information content (AvgIpc) is 3.19. The summed E-state index contributed by atoms with van der Waals surface area (Å²) < 4.78 is 29.6. The van der Waals surface area contributed by atoms with E-state index in [4.69, 9.17) is 0 Å².